The molecule has 1 heterocycles. The average Bonchev–Trinajstić information content (AvgIpc) is 3.20. The van der Waals surface area contributed by atoms with Gasteiger partial charge in [-0.15, -0.1) is 0 Å². The maximum Gasteiger partial charge on any atom is 0.0628 e. The van der Waals surface area contributed by atoms with E-state index in [2.05, 4.69) is 101 Å². The molecule has 1 atom stereocenters. The Morgan fingerprint density at radius 2 is 1.21 bits per heavy atom. The number of aliphatic hydroxyl groups is 1. The Morgan fingerprint density at radius 3 is 1.69 bits per heavy atom. The van der Waals surface area contributed by atoms with Gasteiger partial charge in [0.15, 0.2) is 0 Å². The fourth-order valence-corrected chi connectivity index (χ4v) is 4.40. The van der Waals surface area contributed by atoms with Gasteiger partial charge in [-0.3, -0.25) is 9.80 Å². The molecule has 1 aliphatic rings. The molecule has 1 saturated heterocycles. The highest BCUT2D eigenvalue weighted by molar-refractivity contribution is 5.20. The van der Waals surface area contributed by atoms with Crippen molar-refractivity contribution in [2.24, 2.45) is 0 Å². The molecule has 0 amide bonds. The first-order valence-corrected chi connectivity index (χ1v) is 10.5. The van der Waals surface area contributed by atoms with Crippen LogP contribution in [0.2, 0.25) is 0 Å². The lowest BCUT2D eigenvalue weighted by Crippen LogP contribution is -2.52. The first-order chi connectivity index (χ1) is 14.3. The third-order valence-electron chi connectivity index (χ3n) is 6.06. The van der Waals surface area contributed by atoms with Gasteiger partial charge in [-0.1, -0.05) is 91.0 Å². The van der Waals surface area contributed by atoms with Gasteiger partial charge in [-0.25, -0.2) is 0 Å². The summed E-state index contributed by atoms with van der Waals surface area (Å²) in [6.45, 7) is 4.70. The van der Waals surface area contributed by atoms with Crippen molar-refractivity contribution in [3.05, 3.63) is 108 Å². The zero-order valence-corrected chi connectivity index (χ0v) is 17.0. The zero-order valence-electron chi connectivity index (χ0n) is 17.0. The van der Waals surface area contributed by atoms with Crippen molar-refractivity contribution in [1.82, 2.24) is 9.80 Å². The SMILES string of the molecule is OCC1(N(Cc2ccccc2)Cc2ccccc2)CCN(Cc2ccccc2)C1. The lowest BCUT2D eigenvalue weighted by molar-refractivity contribution is 0.0220. The van der Waals surface area contributed by atoms with Crippen LogP contribution in [0.5, 0.6) is 0 Å². The van der Waals surface area contributed by atoms with Crippen molar-refractivity contribution in [3.63, 3.8) is 0 Å². The summed E-state index contributed by atoms with van der Waals surface area (Å²) in [7, 11) is 0. The molecule has 29 heavy (non-hydrogen) atoms. The molecule has 3 heteroatoms. The second-order valence-electron chi connectivity index (χ2n) is 8.16. The lowest BCUT2D eigenvalue weighted by Gasteiger charge is -2.40. The number of likely N-dealkylation sites (tertiary alicyclic amines) is 1. The summed E-state index contributed by atoms with van der Waals surface area (Å²) in [5, 5.41) is 10.6. The van der Waals surface area contributed by atoms with Crippen LogP contribution in [0.4, 0.5) is 0 Å². The van der Waals surface area contributed by atoms with Gasteiger partial charge >= 0.3 is 0 Å². The van der Waals surface area contributed by atoms with Crippen LogP contribution in [0, 0.1) is 0 Å². The van der Waals surface area contributed by atoms with Crippen molar-refractivity contribution in [1.29, 1.82) is 0 Å². The van der Waals surface area contributed by atoms with Crippen LogP contribution < -0.4 is 0 Å². The highest BCUT2D eigenvalue weighted by Gasteiger charge is 2.42. The lowest BCUT2D eigenvalue weighted by atomic mass is 9.95. The van der Waals surface area contributed by atoms with Gasteiger partial charge in [0.1, 0.15) is 0 Å². The van der Waals surface area contributed by atoms with Crippen LogP contribution in [0.1, 0.15) is 23.1 Å². The minimum atomic E-state index is -0.222. The van der Waals surface area contributed by atoms with Crippen LogP contribution >= 0.6 is 0 Å². The minimum absolute atomic E-state index is 0.179. The molecule has 3 aromatic carbocycles. The van der Waals surface area contributed by atoms with Crippen molar-refractivity contribution in [2.45, 2.75) is 31.6 Å². The van der Waals surface area contributed by atoms with E-state index in [-0.39, 0.29) is 12.1 Å². The molecule has 4 rings (SSSR count). The van der Waals surface area contributed by atoms with E-state index in [1.807, 2.05) is 0 Å². The summed E-state index contributed by atoms with van der Waals surface area (Å²) in [6, 6.07) is 31.9. The molecule has 0 spiro atoms. The zero-order chi connectivity index (χ0) is 19.9. The van der Waals surface area contributed by atoms with Crippen molar-refractivity contribution in [2.75, 3.05) is 19.7 Å². The number of hydrogen-bond donors (Lipinski definition) is 1. The minimum Gasteiger partial charge on any atom is -0.394 e. The third-order valence-corrected chi connectivity index (χ3v) is 6.06. The number of nitrogens with zero attached hydrogens (tertiary/aromatic N) is 2. The normalized spacial score (nSPS) is 19.7. The molecule has 1 aliphatic heterocycles. The van der Waals surface area contributed by atoms with E-state index in [1.165, 1.54) is 16.7 Å². The molecule has 1 fully saturated rings. The van der Waals surface area contributed by atoms with Gasteiger partial charge in [0.05, 0.1) is 12.1 Å². The Morgan fingerprint density at radius 1 is 0.724 bits per heavy atom. The fourth-order valence-electron chi connectivity index (χ4n) is 4.40. The summed E-state index contributed by atoms with van der Waals surface area (Å²) in [4.78, 5) is 4.97. The molecule has 1 unspecified atom stereocenters. The topological polar surface area (TPSA) is 26.7 Å². The number of benzene rings is 3. The molecular formula is C26H30N2O. The van der Waals surface area contributed by atoms with Crippen LogP contribution in [-0.4, -0.2) is 40.1 Å². The summed E-state index contributed by atoms with van der Waals surface area (Å²) < 4.78 is 0. The molecule has 3 nitrogen and oxygen atoms in total. The monoisotopic (exact) mass is 386 g/mol. The Hall–Kier alpha value is -2.46. The molecule has 0 radical (unpaired) electrons. The molecular weight excluding hydrogens is 356 g/mol. The van der Waals surface area contributed by atoms with E-state index < -0.39 is 0 Å². The van der Waals surface area contributed by atoms with Crippen molar-refractivity contribution in [3.8, 4) is 0 Å². The maximum absolute atomic E-state index is 10.6. The summed E-state index contributed by atoms with van der Waals surface area (Å²) >= 11 is 0. The molecule has 0 aliphatic carbocycles. The average molecular weight is 387 g/mol. The molecule has 150 valence electrons. The third kappa shape index (κ3) is 4.94. The quantitative estimate of drug-likeness (QED) is 0.624. The van der Waals surface area contributed by atoms with E-state index >= 15 is 0 Å². The van der Waals surface area contributed by atoms with Gasteiger partial charge < -0.3 is 5.11 Å². The Bertz CT molecular complexity index is 827. The van der Waals surface area contributed by atoms with E-state index in [1.54, 1.807) is 0 Å². The van der Waals surface area contributed by atoms with Gasteiger partial charge in [0.2, 0.25) is 0 Å². The van der Waals surface area contributed by atoms with Gasteiger partial charge in [-0.2, -0.15) is 0 Å². The molecule has 0 bridgehead atoms. The van der Waals surface area contributed by atoms with E-state index in [9.17, 15) is 5.11 Å². The van der Waals surface area contributed by atoms with Crippen molar-refractivity contribution >= 4 is 0 Å². The first kappa shape index (κ1) is 19.8. The summed E-state index contributed by atoms with van der Waals surface area (Å²) in [5.74, 6) is 0. The highest BCUT2D eigenvalue weighted by atomic mass is 16.3. The van der Waals surface area contributed by atoms with Crippen LogP contribution in [0.15, 0.2) is 91.0 Å². The summed E-state index contributed by atoms with van der Waals surface area (Å²) in [5.41, 5.74) is 3.69. The van der Waals surface area contributed by atoms with Gasteiger partial charge in [0, 0.05) is 32.7 Å². The Labute approximate surface area is 174 Å². The summed E-state index contributed by atoms with van der Waals surface area (Å²) in [6.07, 6.45) is 0.982. The van der Waals surface area contributed by atoms with E-state index in [4.69, 9.17) is 0 Å². The smallest absolute Gasteiger partial charge is 0.0628 e. The Kier molecular flexibility index (Phi) is 6.40. The van der Waals surface area contributed by atoms with E-state index in [0.717, 1.165) is 39.1 Å². The van der Waals surface area contributed by atoms with Gasteiger partial charge in [0.25, 0.3) is 0 Å². The van der Waals surface area contributed by atoms with Crippen molar-refractivity contribution < 1.29 is 5.11 Å². The highest BCUT2D eigenvalue weighted by Crippen LogP contribution is 2.32. The second-order valence-corrected chi connectivity index (χ2v) is 8.16. The molecule has 0 aromatic heterocycles. The fraction of sp³-hybridized carbons (Fsp3) is 0.308. The van der Waals surface area contributed by atoms with Crippen LogP contribution in [0.3, 0.4) is 0 Å². The van der Waals surface area contributed by atoms with Gasteiger partial charge in [-0.05, 0) is 23.1 Å². The maximum atomic E-state index is 10.6. The van der Waals surface area contributed by atoms with E-state index in [0.29, 0.717) is 0 Å². The standard InChI is InChI=1S/C26H30N2O/c29-22-26(16-17-27(21-26)18-23-10-4-1-5-11-23)28(19-24-12-6-2-7-13-24)20-25-14-8-3-9-15-25/h1-15,29H,16-22H2. The molecule has 0 saturated carbocycles. The van der Waals surface area contributed by atoms with Crippen LogP contribution in [0.25, 0.3) is 0 Å². The second kappa shape index (κ2) is 9.36. The first-order valence-electron chi connectivity index (χ1n) is 10.5. The largest absolute Gasteiger partial charge is 0.394 e. The Balaban J connectivity index is 1.55. The predicted octanol–water partition coefficient (Wildman–Crippen LogP) is 4.33. The number of hydrogen-bond acceptors (Lipinski definition) is 3. The molecule has 3 aromatic rings. The number of rotatable bonds is 8. The van der Waals surface area contributed by atoms with Crippen LogP contribution in [-0.2, 0) is 19.6 Å². The number of aliphatic hydroxyl groups excluding tert-OH is 1. The molecule has 1 N–H and O–H groups in total. The predicted molar refractivity (Wildman–Crippen MR) is 118 cm³/mol.